The van der Waals surface area contributed by atoms with E-state index in [4.69, 9.17) is 4.74 Å². The number of thiazole rings is 1. The second-order valence-corrected chi connectivity index (χ2v) is 10.4. The third-order valence-corrected chi connectivity index (χ3v) is 7.86. The van der Waals surface area contributed by atoms with Gasteiger partial charge in [0, 0.05) is 17.8 Å². The number of amides is 1. The first-order chi connectivity index (χ1) is 16.8. The summed E-state index contributed by atoms with van der Waals surface area (Å²) in [4.78, 5) is 17.9. The van der Waals surface area contributed by atoms with Gasteiger partial charge in [-0.1, -0.05) is 30.4 Å². The van der Waals surface area contributed by atoms with E-state index in [0.29, 0.717) is 28.3 Å². The van der Waals surface area contributed by atoms with Crippen LogP contribution in [0, 0.1) is 0 Å². The number of anilines is 1. The second-order valence-electron chi connectivity index (χ2n) is 7.71. The Morgan fingerprint density at radius 2 is 1.83 bits per heavy atom. The fourth-order valence-corrected chi connectivity index (χ4v) is 5.69. The van der Waals surface area contributed by atoms with Crippen molar-refractivity contribution in [3.63, 3.8) is 0 Å². The first-order valence-corrected chi connectivity index (χ1v) is 13.2. The van der Waals surface area contributed by atoms with Crippen LogP contribution in [0.25, 0.3) is 10.2 Å². The molecule has 1 N–H and O–H groups in total. The number of benzene rings is 3. The minimum absolute atomic E-state index is 0.108. The lowest BCUT2D eigenvalue weighted by Gasteiger charge is -2.09. The average molecular weight is 508 g/mol. The summed E-state index contributed by atoms with van der Waals surface area (Å²) < 4.78 is 35.9. The molecule has 0 saturated carbocycles. The number of aryl methyl sites for hydroxylation is 1. The Bertz CT molecular complexity index is 1550. The van der Waals surface area contributed by atoms with Crippen molar-refractivity contribution >= 4 is 43.2 Å². The zero-order chi connectivity index (χ0) is 25.0. The van der Waals surface area contributed by atoms with Crippen LogP contribution in [-0.4, -0.2) is 26.0 Å². The number of allylic oxidation sites excluding steroid dienone is 1. The van der Waals surface area contributed by atoms with Crippen LogP contribution in [0.4, 0.5) is 5.69 Å². The van der Waals surface area contributed by atoms with E-state index in [1.807, 2.05) is 10.6 Å². The number of aromatic nitrogens is 1. The Kier molecular flexibility index (Phi) is 7.18. The molecule has 0 bridgehead atoms. The Labute approximate surface area is 208 Å². The maximum atomic E-state index is 12.9. The zero-order valence-corrected chi connectivity index (χ0v) is 21.0. The largest absolute Gasteiger partial charge is 0.497 e. The van der Waals surface area contributed by atoms with Crippen LogP contribution in [0.15, 0.2) is 89.3 Å². The molecular weight excluding hydrogens is 482 g/mol. The van der Waals surface area contributed by atoms with Gasteiger partial charge in [0.15, 0.2) is 4.80 Å². The molecule has 0 fully saturated rings. The summed E-state index contributed by atoms with van der Waals surface area (Å²) >= 11 is 1.45. The van der Waals surface area contributed by atoms with Gasteiger partial charge in [-0.25, -0.2) is 8.42 Å². The highest BCUT2D eigenvalue weighted by atomic mass is 32.2. The molecule has 3 aromatic carbocycles. The quantitative estimate of drug-likeness (QED) is 0.340. The number of nitrogens with zero attached hydrogens (tertiary/aromatic N) is 2. The SMILES string of the molecule is C=CCn1c(=NC(=O)c2ccc(NS(=O)(=O)c3ccc(OC)cc3)cc2)sc2cc(CC)ccc21. The fourth-order valence-electron chi connectivity index (χ4n) is 3.53. The maximum absolute atomic E-state index is 12.9. The highest BCUT2D eigenvalue weighted by molar-refractivity contribution is 7.92. The monoisotopic (exact) mass is 507 g/mol. The molecular formula is C26H25N3O4S2. The third kappa shape index (κ3) is 5.36. The molecule has 0 aliphatic rings. The average Bonchev–Trinajstić information content (AvgIpc) is 3.20. The van der Waals surface area contributed by atoms with Gasteiger partial charge in [-0.05, 0) is 72.6 Å². The van der Waals surface area contributed by atoms with Gasteiger partial charge in [0.2, 0.25) is 0 Å². The van der Waals surface area contributed by atoms with Gasteiger partial charge < -0.3 is 9.30 Å². The van der Waals surface area contributed by atoms with Gasteiger partial charge in [0.05, 0.1) is 22.2 Å². The predicted molar refractivity (Wildman–Crippen MR) is 140 cm³/mol. The molecule has 0 radical (unpaired) electrons. The van der Waals surface area contributed by atoms with Gasteiger partial charge in [0.25, 0.3) is 15.9 Å². The first kappa shape index (κ1) is 24.4. The number of rotatable bonds is 8. The van der Waals surface area contributed by atoms with Crippen molar-refractivity contribution in [3.05, 3.63) is 95.3 Å². The molecule has 0 atom stereocenters. The van der Waals surface area contributed by atoms with E-state index in [9.17, 15) is 13.2 Å². The summed E-state index contributed by atoms with van der Waals surface area (Å²) in [5.41, 5.74) is 2.92. The number of fused-ring (bicyclic) bond motifs is 1. The summed E-state index contributed by atoms with van der Waals surface area (Å²) in [5, 5.41) is 0. The van der Waals surface area contributed by atoms with Gasteiger partial charge in [-0.15, -0.1) is 6.58 Å². The molecule has 0 unspecified atom stereocenters. The molecule has 0 spiro atoms. The first-order valence-electron chi connectivity index (χ1n) is 10.9. The number of sulfonamides is 1. The fraction of sp³-hybridized carbons (Fsp3) is 0.154. The molecule has 35 heavy (non-hydrogen) atoms. The summed E-state index contributed by atoms with van der Waals surface area (Å²) in [7, 11) is -2.26. The van der Waals surface area contributed by atoms with Crippen LogP contribution in [0.3, 0.4) is 0 Å². The van der Waals surface area contributed by atoms with Crippen LogP contribution in [0.5, 0.6) is 5.75 Å². The van der Waals surface area contributed by atoms with E-state index in [-0.39, 0.29) is 4.90 Å². The Morgan fingerprint density at radius 3 is 2.46 bits per heavy atom. The molecule has 1 amide bonds. The topological polar surface area (TPSA) is 89.8 Å². The van der Waals surface area contributed by atoms with E-state index < -0.39 is 15.9 Å². The minimum atomic E-state index is -3.78. The molecule has 7 nitrogen and oxygen atoms in total. The van der Waals surface area contributed by atoms with Crippen molar-refractivity contribution in [1.29, 1.82) is 0 Å². The summed E-state index contributed by atoms with van der Waals surface area (Å²) in [5.74, 6) is 0.157. The maximum Gasteiger partial charge on any atom is 0.279 e. The molecule has 1 aromatic heterocycles. The number of methoxy groups -OCH3 is 1. The number of ether oxygens (including phenoxy) is 1. The van der Waals surface area contributed by atoms with Crippen LogP contribution in [0.1, 0.15) is 22.8 Å². The van der Waals surface area contributed by atoms with Crippen molar-refractivity contribution in [3.8, 4) is 5.75 Å². The van der Waals surface area contributed by atoms with E-state index in [0.717, 1.165) is 16.6 Å². The molecule has 1 heterocycles. The van der Waals surface area contributed by atoms with E-state index in [1.54, 1.807) is 42.5 Å². The lowest BCUT2D eigenvalue weighted by atomic mass is 10.2. The van der Waals surface area contributed by atoms with Gasteiger partial charge in [-0.2, -0.15) is 4.99 Å². The van der Waals surface area contributed by atoms with E-state index >= 15 is 0 Å². The number of hydrogen-bond acceptors (Lipinski definition) is 5. The van der Waals surface area contributed by atoms with E-state index in [2.05, 4.69) is 35.3 Å². The van der Waals surface area contributed by atoms with Crippen LogP contribution in [-0.2, 0) is 23.0 Å². The van der Waals surface area contributed by atoms with Gasteiger partial charge >= 0.3 is 0 Å². The molecule has 9 heteroatoms. The van der Waals surface area contributed by atoms with Crippen molar-refractivity contribution < 1.29 is 17.9 Å². The number of carbonyl (C=O) groups is 1. The lowest BCUT2D eigenvalue weighted by molar-refractivity contribution is 0.0998. The minimum Gasteiger partial charge on any atom is -0.497 e. The highest BCUT2D eigenvalue weighted by Gasteiger charge is 2.15. The zero-order valence-electron chi connectivity index (χ0n) is 19.4. The predicted octanol–water partition coefficient (Wildman–Crippen LogP) is 5.00. The standard InChI is InChI=1S/C26H25N3O4S2/c1-4-16-29-23-15-6-18(5-2)17-24(23)34-26(29)27-25(30)19-7-9-20(10-8-19)28-35(31,32)22-13-11-21(33-3)12-14-22/h4,6-15,17,28H,1,5,16H2,2-3H3. The Morgan fingerprint density at radius 1 is 1.11 bits per heavy atom. The molecule has 4 rings (SSSR count). The summed E-state index contributed by atoms with van der Waals surface area (Å²) in [6.45, 7) is 6.45. The van der Waals surface area contributed by atoms with E-state index in [1.165, 1.54) is 36.1 Å². The lowest BCUT2D eigenvalue weighted by Crippen LogP contribution is -2.16. The Hall–Kier alpha value is -3.69. The molecule has 0 aliphatic heterocycles. The third-order valence-electron chi connectivity index (χ3n) is 5.42. The van der Waals surface area contributed by atoms with Crippen LogP contribution >= 0.6 is 11.3 Å². The molecule has 4 aromatic rings. The van der Waals surface area contributed by atoms with Crippen molar-refractivity contribution in [2.75, 3.05) is 11.8 Å². The summed E-state index contributed by atoms with van der Waals surface area (Å²) in [6, 6.07) is 18.5. The van der Waals surface area contributed by atoms with Crippen molar-refractivity contribution in [2.24, 2.45) is 4.99 Å². The number of carbonyl (C=O) groups excluding carboxylic acids is 1. The van der Waals surface area contributed by atoms with Crippen molar-refractivity contribution in [1.82, 2.24) is 4.57 Å². The Balaban J connectivity index is 1.59. The van der Waals surface area contributed by atoms with Crippen LogP contribution in [0.2, 0.25) is 0 Å². The van der Waals surface area contributed by atoms with Crippen molar-refractivity contribution in [2.45, 2.75) is 24.8 Å². The number of nitrogens with one attached hydrogen (secondary N) is 1. The molecule has 0 saturated heterocycles. The number of hydrogen-bond donors (Lipinski definition) is 1. The smallest absolute Gasteiger partial charge is 0.279 e. The second kappa shape index (κ2) is 10.3. The van der Waals surface area contributed by atoms with Gasteiger partial charge in [-0.3, -0.25) is 9.52 Å². The normalized spacial score (nSPS) is 12.0. The summed E-state index contributed by atoms with van der Waals surface area (Å²) in [6.07, 6.45) is 2.70. The van der Waals surface area contributed by atoms with Gasteiger partial charge in [0.1, 0.15) is 5.75 Å². The highest BCUT2D eigenvalue weighted by Crippen LogP contribution is 2.21. The molecule has 0 aliphatic carbocycles. The van der Waals surface area contributed by atoms with Crippen LogP contribution < -0.4 is 14.3 Å². The molecule has 180 valence electrons.